The molecule has 2 aromatic carbocycles. The summed E-state index contributed by atoms with van der Waals surface area (Å²) in [6.07, 6.45) is 1.59. The maximum absolute atomic E-state index is 13.2. The van der Waals surface area contributed by atoms with Crippen LogP contribution in [0, 0.1) is 16.7 Å². The average Bonchev–Trinajstić information content (AvgIpc) is 3.17. The smallest absolute Gasteiger partial charge is 0.410 e. The van der Waals surface area contributed by atoms with E-state index < -0.39 is 5.60 Å². The van der Waals surface area contributed by atoms with Crippen LogP contribution in [0.5, 0.6) is 0 Å². The normalized spacial score (nSPS) is 21.5. The minimum atomic E-state index is -0.627. The Morgan fingerprint density at radius 1 is 1.21 bits per heavy atom. The minimum Gasteiger partial charge on any atom is -0.444 e. The van der Waals surface area contributed by atoms with Crippen LogP contribution in [0.1, 0.15) is 61.5 Å². The molecular formula is C24H31N7O2. The first kappa shape index (κ1) is 22.4. The van der Waals surface area contributed by atoms with Gasteiger partial charge in [-0.2, -0.15) is 0 Å². The molecule has 1 fully saturated rings. The number of ether oxygens (including phenoxy) is 1. The van der Waals surface area contributed by atoms with Crippen LogP contribution in [0.4, 0.5) is 21.9 Å². The SMILES string of the molecule is CC(C)(C)OC(=O)N1CC[C@@H]2[C@H]1c1c(ccc(N)c1C=N)N[C@H]2c1ccc(N)c(C(=N)N)c1. The molecule has 9 heteroatoms. The fourth-order valence-corrected chi connectivity index (χ4v) is 4.93. The number of fused-ring (bicyclic) bond motifs is 3. The minimum absolute atomic E-state index is 0.00560. The van der Waals surface area contributed by atoms with E-state index in [2.05, 4.69) is 5.32 Å². The zero-order chi connectivity index (χ0) is 24.1. The van der Waals surface area contributed by atoms with E-state index in [1.165, 1.54) is 6.21 Å². The second kappa shape index (κ2) is 7.99. The van der Waals surface area contributed by atoms with Crippen molar-refractivity contribution in [1.82, 2.24) is 4.90 Å². The number of nitrogens with two attached hydrogens (primary N) is 3. The number of likely N-dealkylation sites (tertiary alicyclic amines) is 1. The number of amides is 1. The number of nitrogens with one attached hydrogen (secondary N) is 3. The quantitative estimate of drug-likeness (QED) is 0.238. The van der Waals surface area contributed by atoms with Gasteiger partial charge in [-0.3, -0.25) is 5.41 Å². The number of hydrogen-bond donors (Lipinski definition) is 6. The van der Waals surface area contributed by atoms with Crippen molar-refractivity contribution < 1.29 is 9.53 Å². The summed E-state index contributed by atoms with van der Waals surface area (Å²) in [5, 5.41) is 19.4. The second-order valence-corrected chi connectivity index (χ2v) is 9.63. The molecule has 0 aliphatic carbocycles. The maximum atomic E-state index is 13.2. The highest BCUT2D eigenvalue weighted by Gasteiger charge is 2.48. The Balaban J connectivity index is 1.84. The number of rotatable bonds is 3. The molecule has 0 spiro atoms. The number of hydrogen-bond acceptors (Lipinski definition) is 7. The molecule has 33 heavy (non-hydrogen) atoms. The molecule has 2 aromatic rings. The van der Waals surface area contributed by atoms with Gasteiger partial charge in [-0.25, -0.2) is 4.79 Å². The molecule has 4 rings (SSSR count). The third-order valence-electron chi connectivity index (χ3n) is 6.30. The Bertz CT molecular complexity index is 1140. The number of amidine groups is 1. The highest BCUT2D eigenvalue weighted by Crippen LogP contribution is 2.53. The Kier molecular flexibility index (Phi) is 5.43. The van der Waals surface area contributed by atoms with Crippen molar-refractivity contribution in [3.8, 4) is 0 Å². The zero-order valence-corrected chi connectivity index (χ0v) is 19.1. The van der Waals surface area contributed by atoms with E-state index in [0.29, 0.717) is 29.0 Å². The Morgan fingerprint density at radius 3 is 2.55 bits per heavy atom. The predicted octanol–water partition coefficient (Wildman–Crippen LogP) is 3.60. The van der Waals surface area contributed by atoms with Gasteiger partial charge in [0.2, 0.25) is 0 Å². The van der Waals surface area contributed by atoms with Crippen LogP contribution < -0.4 is 22.5 Å². The number of carbonyl (C=O) groups excluding carboxylic acids is 1. The van der Waals surface area contributed by atoms with Gasteiger partial charge in [-0.1, -0.05) is 6.07 Å². The molecular weight excluding hydrogens is 418 g/mol. The Morgan fingerprint density at radius 2 is 1.91 bits per heavy atom. The monoisotopic (exact) mass is 449 g/mol. The van der Waals surface area contributed by atoms with E-state index in [-0.39, 0.29) is 29.9 Å². The molecule has 0 aromatic heterocycles. The van der Waals surface area contributed by atoms with Crippen LogP contribution in [0.15, 0.2) is 30.3 Å². The van der Waals surface area contributed by atoms with E-state index in [9.17, 15) is 4.79 Å². The van der Waals surface area contributed by atoms with Crippen LogP contribution >= 0.6 is 0 Å². The Labute approximate surface area is 193 Å². The van der Waals surface area contributed by atoms with Gasteiger partial charge in [-0.05, 0) is 57.0 Å². The highest BCUT2D eigenvalue weighted by atomic mass is 16.6. The molecule has 2 aliphatic heterocycles. The first-order chi connectivity index (χ1) is 15.5. The van der Waals surface area contributed by atoms with E-state index >= 15 is 0 Å². The summed E-state index contributed by atoms with van der Waals surface area (Å²) in [6, 6.07) is 8.69. The first-order valence-electron chi connectivity index (χ1n) is 10.9. The molecule has 0 bridgehead atoms. The molecule has 1 amide bonds. The molecule has 174 valence electrons. The van der Waals surface area contributed by atoms with E-state index in [1.807, 2.05) is 39.0 Å². The molecule has 2 heterocycles. The summed E-state index contributed by atoms with van der Waals surface area (Å²) < 4.78 is 5.71. The van der Waals surface area contributed by atoms with Crippen LogP contribution in [0.25, 0.3) is 0 Å². The topological polar surface area (TPSA) is 167 Å². The number of nitrogen functional groups attached to an aromatic ring is 3. The lowest BCUT2D eigenvalue weighted by molar-refractivity contribution is 0.0198. The van der Waals surface area contributed by atoms with Crippen molar-refractivity contribution in [2.45, 2.75) is 44.9 Å². The summed E-state index contributed by atoms with van der Waals surface area (Å²) in [7, 11) is 0. The van der Waals surface area contributed by atoms with Crippen molar-refractivity contribution in [1.29, 1.82) is 10.8 Å². The summed E-state index contributed by atoms with van der Waals surface area (Å²) in [5.41, 5.74) is 21.9. The summed E-state index contributed by atoms with van der Waals surface area (Å²) in [4.78, 5) is 14.9. The average molecular weight is 450 g/mol. The van der Waals surface area contributed by atoms with Crippen molar-refractivity contribution >= 4 is 35.2 Å². The van der Waals surface area contributed by atoms with E-state index in [4.69, 9.17) is 32.8 Å². The number of carbonyl (C=O) groups is 1. The first-order valence-corrected chi connectivity index (χ1v) is 10.9. The molecule has 1 saturated heterocycles. The lowest BCUT2D eigenvalue weighted by atomic mass is 9.78. The number of anilines is 3. The fraction of sp³-hybridized carbons (Fsp3) is 0.375. The summed E-state index contributed by atoms with van der Waals surface area (Å²) in [5.74, 6) is -0.100. The molecule has 9 N–H and O–H groups in total. The summed E-state index contributed by atoms with van der Waals surface area (Å²) >= 11 is 0. The Hall–Kier alpha value is -3.75. The van der Waals surface area contributed by atoms with Crippen LogP contribution in [-0.2, 0) is 4.74 Å². The fourth-order valence-electron chi connectivity index (χ4n) is 4.93. The van der Waals surface area contributed by atoms with E-state index in [0.717, 1.165) is 23.2 Å². The highest BCUT2D eigenvalue weighted by molar-refractivity contribution is 6.00. The van der Waals surface area contributed by atoms with Crippen molar-refractivity contribution in [2.24, 2.45) is 11.7 Å². The molecule has 3 atom stereocenters. The number of nitrogens with zero attached hydrogens (tertiary/aromatic N) is 1. The molecule has 0 unspecified atom stereocenters. The van der Waals surface area contributed by atoms with Gasteiger partial charge in [0, 0.05) is 52.4 Å². The van der Waals surface area contributed by atoms with Crippen LogP contribution in [0.2, 0.25) is 0 Å². The number of benzene rings is 2. The van der Waals surface area contributed by atoms with Gasteiger partial charge in [0.25, 0.3) is 0 Å². The van der Waals surface area contributed by atoms with Crippen LogP contribution in [-0.4, -0.2) is 35.2 Å². The van der Waals surface area contributed by atoms with Crippen molar-refractivity contribution in [2.75, 3.05) is 23.3 Å². The second-order valence-electron chi connectivity index (χ2n) is 9.63. The molecule has 2 aliphatic rings. The maximum Gasteiger partial charge on any atom is 0.410 e. The largest absolute Gasteiger partial charge is 0.444 e. The van der Waals surface area contributed by atoms with E-state index in [1.54, 1.807) is 17.0 Å². The van der Waals surface area contributed by atoms with Crippen molar-refractivity contribution in [3.05, 3.63) is 52.6 Å². The van der Waals surface area contributed by atoms with Gasteiger partial charge in [0.15, 0.2) is 0 Å². The third-order valence-corrected chi connectivity index (χ3v) is 6.30. The predicted molar refractivity (Wildman–Crippen MR) is 131 cm³/mol. The van der Waals surface area contributed by atoms with Gasteiger partial charge < -0.3 is 37.6 Å². The molecule has 0 saturated carbocycles. The molecule has 9 nitrogen and oxygen atoms in total. The van der Waals surface area contributed by atoms with Gasteiger partial charge >= 0.3 is 6.09 Å². The van der Waals surface area contributed by atoms with Crippen molar-refractivity contribution in [3.63, 3.8) is 0 Å². The standard InChI is InChI=1S/C24H31N7O2/c1-24(2,3)33-23(32)31-9-8-13-20(12-4-5-16(26)14(10-12)22(28)29)30-18-7-6-17(27)15(11-25)19(18)21(13)31/h4-7,10-11,13,20-21,25,30H,8-9,26-27H2,1-3H3,(H3,28,29)/t13-,20-,21-/m0/s1. The summed E-state index contributed by atoms with van der Waals surface area (Å²) in [6.45, 7) is 6.05. The van der Waals surface area contributed by atoms with Gasteiger partial charge in [-0.15, -0.1) is 0 Å². The third kappa shape index (κ3) is 3.94. The van der Waals surface area contributed by atoms with Gasteiger partial charge in [0.1, 0.15) is 11.4 Å². The van der Waals surface area contributed by atoms with Crippen LogP contribution in [0.3, 0.4) is 0 Å². The lowest BCUT2D eigenvalue weighted by Gasteiger charge is -2.41. The lowest BCUT2D eigenvalue weighted by Crippen LogP contribution is -2.41. The molecule has 0 radical (unpaired) electrons. The van der Waals surface area contributed by atoms with Gasteiger partial charge in [0.05, 0.1) is 12.1 Å². The zero-order valence-electron chi connectivity index (χ0n) is 19.1.